The molecule has 2 aliphatic rings. The number of hydrogen-bond acceptors (Lipinski definition) is 4. The largest absolute Gasteiger partial charge is 0.492 e. The van der Waals surface area contributed by atoms with E-state index in [0.717, 1.165) is 58.1 Å². The lowest BCUT2D eigenvalue weighted by molar-refractivity contribution is -0.0721. The number of piperidine rings is 1. The molecule has 0 radical (unpaired) electrons. The third-order valence-electron chi connectivity index (χ3n) is 5.29. The number of guanidine groups is 1. The smallest absolute Gasteiger partial charge is 0.194 e. The van der Waals surface area contributed by atoms with Crippen LogP contribution in [-0.2, 0) is 9.47 Å². The standard InChI is InChI=1S/C22H34FN3O3/c1-2-24-22(25-11-15-28-20-8-5-6-18(23)16-20)26-12-9-19(10-13-26)29-17-21-7-3-4-14-27-21/h5-6,8,16,19,21H,2-4,7,9-15,17H2,1H3,(H,24,25). The SMILES string of the molecule is CCNC(=NCCOc1cccc(F)c1)N1CCC(OCC2CCCCO2)CC1. The van der Waals surface area contributed by atoms with Crippen LogP contribution in [0.25, 0.3) is 0 Å². The molecule has 1 N–H and O–H groups in total. The highest BCUT2D eigenvalue weighted by molar-refractivity contribution is 5.80. The fourth-order valence-corrected chi connectivity index (χ4v) is 3.71. The minimum atomic E-state index is -0.292. The summed E-state index contributed by atoms with van der Waals surface area (Å²) in [5.74, 6) is 1.15. The van der Waals surface area contributed by atoms with Gasteiger partial charge in [0.05, 0.1) is 25.4 Å². The van der Waals surface area contributed by atoms with Gasteiger partial charge in [-0.1, -0.05) is 6.07 Å². The first-order chi connectivity index (χ1) is 14.2. The summed E-state index contributed by atoms with van der Waals surface area (Å²) in [5.41, 5.74) is 0. The summed E-state index contributed by atoms with van der Waals surface area (Å²) in [6, 6.07) is 6.19. The molecule has 0 aliphatic carbocycles. The highest BCUT2D eigenvalue weighted by atomic mass is 19.1. The molecule has 7 heteroatoms. The minimum absolute atomic E-state index is 0.277. The maximum Gasteiger partial charge on any atom is 0.194 e. The summed E-state index contributed by atoms with van der Waals surface area (Å²) in [5, 5.41) is 3.36. The zero-order valence-corrected chi connectivity index (χ0v) is 17.4. The Morgan fingerprint density at radius 1 is 1.28 bits per heavy atom. The van der Waals surface area contributed by atoms with E-state index in [0.29, 0.717) is 25.0 Å². The number of halogens is 1. The molecular weight excluding hydrogens is 373 g/mol. The van der Waals surface area contributed by atoms with Crippen molar-refractivity contribution in [3.05, 3.63) is 30.1 Å². The molecule has 2 saturated heterocycles. The Labute approximate surface area is 173 Å². The van der Waals surface area contributed by atoms with E-state index in [1.54, 1.807) is 12.1 Å². The fourth-order valence-electron chi connectivity index (χ4n) is 3.71. The number of rotatable bonds is 8. The highest BCUT2D eigenvalue weighted by Crippen LogP contribution is 2.18. The lowest BCUT2D eigenvalue weighted by Crippen LogP contribution is -2.47. The second-order valence-corrected chi connectivity index (χ2v) is 7.55. The maximum atomic E-state index is 13.2. The van der Waals surface area contributed by atoms with E-state index < -0.39 is 0 Å². The second kappa shape index (κ2) is 12.0. The molecule has 2 heterocycles. The van der Waals surface area contributed by atoms with Crippen LogP contribution in [0.4, 0.5) is 4.39 Å². The quantitative estimate of drug-likeness (QED) is 0.407. The molecule has 29 heavy (non-hydrogen) atoms. The molecule has 1 aromatic rings. The van der Waals surface area contributed by atoms with Gasteiger partial charge in [0.25, 0.3) is 0 Å². The first kappa shape index (κ1) is 21.8. The van der Waals surface area contributed by atoms with E-state index in [1.807, 2.05) is 0 Å². The molecule has 6 nitrogen and oxygen atoms in total. The lowest BCUT2D eigenvalue weighted by atomic mass is 10.1. The van der Waals surface area contributed by atoms with Crippen molar-refractivity contribution in [2.75, 3.05) is 46.0 Å². The van der Waals surface area contributed by atoms with Crippen LogP contribution in [0.5, 0.6) is 5.75 Å². The Morgan fingerprint density at radius 3 is 2.86 bits per heavy atom. The highest BCUT2D eigenvalue weighted by Gasteiger charge is 2.23. The molecule has 0 saturated carbocycles. The number of aliphatic imine (C=N–C) groups is 1. The van der Waals surface area contributed by atoms with Crippen molar-refractivity contribution in [1.29, 1.82) is 0 Å². The van der Waals surface area contributed by atoms with Crippen molar-refractivity contribution < 1.29 is 18.6 Å². The molecule has 3 rings (SSSR count). The number of benzene rings is 1. The molecule has 1 atom stereocenters. The molecular formula is C22H34FN3O3. The summed E-state index contributed by atoms with van der Waals surface area (Å²) in [4.78, 5) is 6.95. The molecule has 0 amide bonds. The molecule has 1 unspecified atom stereocenters. The van der Waals surface area contributed by atoms with Gasteiger partial charge in [-0.05, 0) is 51.2 Å². The summed E-state index contributed by atoms with van der Waals surface area (Å²) < 4.78 is 30.6. The van der Waals surface area contributed by atoms with Crippen LogP contribution in [0.2, 0.25) is 0 Å². The summed E-state index contributed by atoms with van der Waals surface area (Å²) in [7, 11) is 0. The van der Waals surface area contributed by atoms with Crippen molar-refractivity contribution >= 4 is 5.96 Å². The van der Waals surface area contributed by atoms with Gasteiger partial charge < -0.3 is 24.4 Å². The molecule has 0 spiro atoms. The molecule has 2 aliphatic heterocycles. The van der Waals surface area contributed by atoms with Gasteiger partial charge in [-0.2, -0.15) is 0 Å². The van der Waals surface area contributed by atoms with Gasteiger partial charge in [0.2, 0.25) is 0 Å². The van der Waals surface area contributed by atoms with Crippen molar-refractivity contribution in [2.45, 2.75) is 51.2 Å². The Kier molecular flexibility index (Phi) is 9.02. The normalized spacial score (nSPS) is 21.2. The van der Waals surface area contributed by atoms with Gasteiger partial charge in [-0.15, -0.1) is 0 Å². The van der Waals surface area contributed by atoms with Crippen molar-refractivity contribution in [3.63, 3.8) is 0 Å². The van der Waals surface area contributed by atoms with Gasteiger partial charge in [0.1, 0.15) is 18.2 Å². The molecule has 162 valence electrons. The van der Waals surface area contributed by atoms with E-state index in [2.05, 4.69) is 22.1 Å². The predicted molar refractivity (Wildman–Crippen MR) is 112 cm³/mol. The maximum absolute atomic E-state index is 13.2. The average molecular weight is 408 g/mol. The zero-order valence-electron chi connectivity index (χ0n) is 17.4. The van der Waals surface area contributed by atoms with Crippen molar-refractivity contribution in [2.24, 2.45) is 4.99 Å². The van der Waals surface area contributed by atoms with E-state index >= 15 is 0 Å². The lowest BCUT2D eigenvalue weighted by Gasteiger charge is -2.35. The molecule has 2 fully saturated rings. The molecule has 0 bridgehead atoms. The monoisotopic (exact) mass is 407 g/mol. The number of ether oxygens (including phenoxy) is 3. The van der Waals surface area contributed by atoms with Crippen LogP contribution in [0.15, 0.2) is 29.3 Å². The topological polar surface area (TPSA) is 55.3 Å². The number of likely N-dealkylation sites (tertiary alicyclic amines) is 1. The van der Waals surface area contributed by atoms with E-state index in [9.17, 15) is 4.39 Å². The molecule has 0 aromatic heterocycles. The minimum Gasteiger partial charge on any atom is -0.492 e. The van der Waals surface area contributed by atoms with Gasteiger partial charge in [0, 0.05) is 32.3 Å². The Hall–Kier alpha value is -1.86. The Bertz CT molecular complexity index is 629. The Morgan fingerprint density at radius 2 is 2.14 bits per heavy atom. The van der Waals surface area contributed by atoms with Crippen LogP contribution in [0, 0.1) is 5.82 Å². The summed E-state index contributed by atoms with van der Waals surface area (Å²) in [6.45, 7) is 7.26. The Balaban J connectivity index is 1.39. The first-order valence-electron chi connectivity index (χ1n) is 10.9. The third kappa shape index (κ3) is 7.48. The van der Waals surface area contributed by atoms with Crippen LogP contribution in [0.3, 0.4) is 0 Å². The van der Waals surface area contributed by atoms with E-state index in [-0.39, 0.29) is 11.9 Å². The number of nitrogens with one attached hydrogen (secondary N) is 1. The van der Waals surface area contributed by atoms with E-state index in [1.165, 1.54) is 25.0 Å². The number of hydrogen-bond donors (Lipinski definition) is 1. The second-order valence-electron chi connectivity index (χ2n) is 7.55. The van der Waals surface area contributed by atoms with Gasteiger partial charge >= 0.3 is 0 Å². The van der Waals surface area contributed by atoms with Crippen LogP contribution >= 0.6 is 0 Å². The number of nitrogens with zero attached hydrogens (tertiary/aromatic N) is 2. The summed E-state index contributed by atoms with van der Waals surface area (Å²) in [6.07, 6.45) is 6.11. The summed E-state index contributed by atoms with van der Waals surface area (Å²) >= 11 is 0. The first-order valence-corrected chi connectivity index (χ1v) is 10.9. The zero-order chi connectivity index (χ0) is 20.3. The van der Waals surface area contributed by atoms with Crippen LogP contribution in [-0.4, -0.2) is 69.1 Å². The third-order valence-corrected chi connectivity index (χ3v) is 5.29. The predicted octanol–water partition coefficient (Wildman–Crippen LogP) is 3.22. The van der Waals surface area contributed by atoms with Gasteiger partial charge in [-0.3, -0.25) is 0 Å². The van der Waals surface area contributed by atoms with E-state index in [4.69, 9.17) is 14.2 Å². The molecule has 1 aromatic carbocycles. The van der Waals surface area contributed by atoms with Crippen molar-refractivity contribution in [1.82, 2.24) is 10.2 Å². The average Bonchev–Trinajstić information content (AvgIpc) is 2.76. The van der Waals surface area contributed by atoms with Gasteiger partial charge in [-0.25, -0.2) is 9.38 Å². The fraction of sp³-hybridized carbons (Fsp3) is 0.682. The van der Waals surface area contributed by atoms with Gasteiger partial charge in [0.15, 0.2) is 5.96 Å². The van der Waals surface area contributed by atoms with Crippen LogP contribution < -0.4 is 10.1 Å². The van der Waals surface area contributed by atoms with Crippen LogP contribution in [0.1, 0.15) is 39.0 Å². The van der Waals surface area contributed by atoms with Crippen molar-refractivity contribution in [3.8, 4) is 5.75 Å².